The van der Waals surface area contributed by atoms with Gasteiger partial charge in [0.1, 0.15) is 0 Å². The summed E-state index contributed by atoms with van der Waals surface area (Å²) in [6, 6.07) is 12.4. The van der Waals surface area contributed by atoms with Crippen LogP contribution in [0.3, 0.4) is 0 Å². The fraction of sp³-hybridized carbons (Fsp3) is 0.273. The van der Waals surface area contributed by atoms with E-state index >= 15 is 0 Å². The number of ether oxygens (including phenoxy) is 1. The lowest BCUT2D eigenvalue weighted by molar-refractivity contribution is 0.0313. The van der Waals surface area contributed by atoms with Gasteiger partial charge in [0.25, 0.3) is 5.56 Å². The van der Waals surface area contributed by atoms with Crippen molar-refractivity contribution in [1.82, 2.24) is 9.78 Å². The molecule has 3 rings (SSSR count). The van der Waals surface area contributed by atoms with Crippen LogP contribution in [0.25, 0.3) is 10.8 Å². The molecule has 0 aliphatic heterocycles. The summed E-state index contributed by atoms with van der Waals surface area (Å²) in [5.74, 6) is -1.28. The molecule has 0 unspecified atom stereocenters. The second-order valence-corrected chi connectivity index (χ2v) is 9.03. The summed E-state index contributed by atoms with van der Waals surface area (Å²) in [7, 11) is -3.44. The largest absolute Gasteiger partial charge is 0.449 e. The van der Waals surface area contributed by atoms with Crippen molar-refractivity contribution < 1.29 is 22.7 Å². The van der Waals surface area contributed by atoms with Crippen LogP contribution in [-0.4, -0.2) is 42.3 Å². The average molecular weight is 458 g/mol. The Balaban J connectivity index is 1.84. The van der Waals surface area contributed by atoms with E-state index in [-0.39, 0.29) is 16.8 Å². The second kappa shape index (κ2) is 9.31. The van der Waals surface area contributed by atoms with Gasteiger partial charge in [0.15, 0.2) is 11.8 Å². The summed E-state index contributed by atoms with van der Waals surface area (Å²) in [5.41, 5.74) is 0.215. The number of Topliss-reactive ketones (excluding diaryl/α,β-unsaturated/α-hetero) is 1. The number of aromatic nitrogens is 2. The average Bonchev–Trinajstić information content (AvgIpc) is 2.74. The molecule has 10 heteroatoms. The van der Waals surface area contributed by atoms with Gasteiger partial charge in [0.2, 0.25) is 15.8 Å². The monoisotopic (exact) mass is 457 g/mol. The summed E-state index contributed by atoms with van der Waals surface area (Å²) in [6.07, 6.45) is 0.552. The summed E-state index contributed by atoms with van der Waals surface area (Å²) >= 11 is 0. The van der Waals surface area contributed by atoms with Gasteiger partial charge in [-0.2, -0.15) is 5.10 Å². The van der Waals surface area contributed by atoms with Crippen LogP contribution in [0.4, 0.5) is 5.69 Å². The number of carbonyl (C=O) groups is 2. The maximum Gasteiger partial charge on any atom is 0.360 e. The zero-order valence-corrected chi connectivity index (χ0v) is 18.7. The Morgan fingerprint density at radius 2 is 1.72 bits per heavy atom. The van der Waals surface area contributed by atoms with E-state index in [1.807, 2.05) is 6.92 Å². The molecule has 3 aromatic rings. The molecule has 1 heterocycles. The van der Waals surface area contributed by atoms with Crippen molar-refractivity contribution in [3.05, 3.63) is 70.1 Å². The van der Waals surface area contributed by atoms with Gasteiger partial charge in [-0.3, -0.25) is 14.3 Å². The number of sulfonamides is 1. The smallest absolute Gasteiger partial charge is 0.360 e. The number of hydrogen-bond donors (Lipinski definition) is 1. The standard InChI is InChI=1S/C22H23N3O6S/c1-4-13-25-21(27)18-8-6-5-7-17(18)19(23-25)22(28)31-14(2)20(26)15-9-11-16(12-10-15)24-32(3,29)30/h5-12,14,24H,4,13H2,1-3H3/t14-/m1/s1. The summed E-state index contributed by atoms with van der Waals surface area (Å²) in [6.45, 7) is 3.66. The van der Waals surface area contributed by atoms with Crippen molar-refractivity contribution in [2.45, 2.75) is 32.9 Å². The summed E-state index contributed by atoms with van der Waals surface area (Å²) < 4.78 is 31.5. The Kier molecular flexibility index (Phi) is 6.73. The molecule has 2 aromatic carbocycles. The van der Waals surface area contributed by atoms with Gasteiger partial charge in [-0.1, -0.05) is 25.1 Å². The van der Waals surface area contributed by atoms with E-state index in [9.17, 15) is 22.8 Å². The first-order valence-corrected chi connectivity index (χ1v) is 11.8. The summed E-state index contributed by atoms with van der Waals surface area (Å²) in [5, 5.41) is 4.87. The molecule has 0 radical (unpaired) electrons. The van der Waals surface area contributed by atoms with Gasteiger partial charge >= 0.3 is 5.97 Å². The zero-order valence-electron chi connectivity index (χ0n) is 17.9. The van der Waals surface area contributed by atoms with Crippen LogP contribution in [0, 0.1) is 0 Å². The predicted molar refractivity (Wildman–Crippen MR) is 120 cm³/mol. The highest BCUT2D eigenvalue weighted by molar-refractivity contribution is 7.92. The van der Waals surface area contributed by atoms with Gasteiger partial charge in [0.05, 0.1) is 11.6 Å². The highest BCUT2D eigenvalue weighted by atomic mass is 32.2. The highest BCUT2D eigenvalue weighted by Gasteiger charge is 2.24. The topological polar surface area (TPSA) is 124 Å². The first-order chi connectivity index (χ1) is 15.1. The van der Waals surface area contributed by atoms with E-state index in [1.54, 1.807) is 24.3 Å². The third-order valence-electron chi connectivity index (χ3n) is 4.62. The molecule has 32 heavy (non-hydrogen) atoms. The van der Waals surface area contributed by atoms with Crippen LogP contribution in [0.1, 0.15) is 41.1 Å². The molecule has 0 fully saturated rings. The van der Waals surface area contributed by atoms with E-state index in [4.69, 9.17) is 4.74 Å². The van der Waals surface area contributed by atoms with Crippen LogP contribution in [0.5, 0.6) is 0 Å². The molecule has 0 bridgehead atoms. The Bertz CT molecular complexity index is 1330. The molecule has 1 N–H and O–H groups in total. The van der Waals surface area contributed by atoms with E-state index < -0.39 is 27.9 Å². The van der Waals surface area contributed by atoms with Gasteiger partial charge in [-0.25, -0.2) is 17.9 Å². The molecule has 0 saturated heterocycles. The Morgan fingerprint density at radius 3 is 2.31 bits per heavy atom. The second-order valence-electron chi connectivity index (χ2n) is 7.29. The number of nitrogens with one attached hydrogen (secondary N) is 1. The van der Waals surface area contributed by atoms with Crippen molar-refractivity contribution in [3.8, 4) is 0 Å². The third-order valence-corrected chi connectivity index (χ3v) is 5.23. The molecular weight excluding hydrogens is 434 g/mol. The van der Waals surface area contributed by atoms with E-state index in [2.05, 4.69) is 9.82 Å². The van der Waals surface area contributed by atoms with Crippen molar-refractivity contribution >= 4 is 38.2 Å². The van der Waals surface area contributed by atoms with Crippen molar-refractivity contribution in [1.29, 1.82) is 0 Å². The Hall–Kier alpha value is -3.53. The van der Waals surface area contributed by atoms with Gasteiger partial charge in [-0.05, 0) is 43.7 Å². The number of fused-ring (bicyclic) bond motifs is 1. The van der Waals surface area contributed by atoms with Crippen LogP contribution in [0.2, 0.25) is 0 Å². The van der Waals surface area contributed by atoms with Crippen LogP contribution in [-0.2, 0) is 21.3 Å². The Labute approximate surface area is 185 Å². The normalized spacial score (nSPS) is 12.3. The zero-order chi connectivity index (χ0) is 23.5. The lowest BCUT2D eigenvalue weighted by Crippen LogP contribution is -2.29. The van der Waals surface area contributed by atoms with Crippen molar-refractivity contribution in [3.63, 3.8) is 0 Å². The van der Waals surface area contributed by atoms with Gasteiger partial charge in [0, 0.05) is 23.2 Å². The highest BCUT2D eigenvalue weighted by Crippen LogP contribution is 2.17. The number of nitrogens with zero attached hydrogens (tertiary/aromatic N) is 2. The van der Waals surface area contributed by atoms with E-state index in [0.29, 0.717) is 29.4 Å². The SMILES string of the molecule is CCCn1nc(C(=O)O[C@H](C)C(=O)c2ccc(NS(C)(=O)=O)cc2)c2ccccc2c1=O. The minimum atomic E-state index is -3.44. The molecule has 9 nitrogen and oxygen atoms in total. The molecule has 0 aliphatic carbocycles. The molecule has 0 saturated carbocycles. The van der Waals surface area contributed by atoms with E-state index in [1.165, 1.54) is 35.9 Å². The van der Waals surface area contributed by atoms with Crippen LogP contribution in [0.15, 0.2) is 53.3 Å². The summed E-state index contributed by atoms with van der Waals surface area (Å²) in [4.78, 5) is 38.1. The molecular formula is C22H23N3O6S. The lowest BCUT2D eigenvalue weighted by Gasteiger charge is -2.14. The molecule has 1 atom stereocenters. The molecule has 0 amide bonds. The number of benzene rings is 2. The van der Waals surface area contributed by atoms with Gasteiger partial charge in [-0.15, -0.1) is 0 Å². The maximum atomic E-state index is 12.9. The maximum absolute atomic E-state index is 12.9. The molecule has 1 aromatic heterocycles. The van der Waals surface area contributed by atoms with E-state index in [0.717, 1.165) is 6.26 Å². The minimum Gasteiger partial charge on any atom is -0.449 e. The molecule has 0 aliphatic rings. The van der Waals surface area contributed by atoms with Crippen molar-refractivity contribution in [2.24, 2.45) is 0 Å². The number of carbonyl (C=O) groups excluding carboxylic acids is 2. The number of rotatable bonds is 8. The number of anilines is 1. The minimum absolute atomic E-state index is 0.0407. The quantitative estimate of drug-likeness (QED) is 0.407. The third kappa shape index (κ3) is 5.20. The van der Waals surface area contributed by atoms with Crippen LogP contribution >= 0.6 is 0 Å². The Morgan fingerprint density at radius 1 is 1.09 bits per heavy atom. The molecule has 168 valence electrons. The fourth-order valence-electron chi connectivity index (χ4n) is 3.17. The number of esters is 1. The predicted octanol–water partition coefficient (Wildman–Crippen LogP) is 2.61. The lowest BCUT2D eigenvalue weighted by atomic mass is 10.1. The van der Waals surface area contributed by atoms with Crippen molar-refractivity contribution in [2.75, 3.05) is 11.0 Å². The number of ketones is 1. The van der Waals surface area contributed by atoms with Gasteiger partial charge < -0.3 is 4.74 Å². The first kappa shape index (κ1) is 23.1. The number of aryl methyl sites for hydroxylation is 1. The fourth-order valence-corrected chi connectivity index (χ4v) is 3.73. The number of hydrogen-bond acceptors (Lipinski definition) is 7. The first-order valence-electron chi connectivity index (χ1n) is 9.93. The molecule has 0 spiro atoms. The van der Waals surface area contributed by atoms with Crippen LogP contribution < -0.4 is 10.3 Å².